The molecular weight excluding hydrogens is 266 g/mol. The van der Waals surface area contributed by atoms with E-state index in [1.807, 2.05) is 16.9 Å². The van der Waals surface area contributed by atoms with Crippen LogP contribution >= 0.6 is 0 Å². The van der Waals surface area contributed by atoms with Gasteiger partial charge in [0, 0.05) is 18.8 Å². The van der Waals surface area contributed by atoms with Crippen molar-refractivity contribution in [1.82, 2.24) is 24.9 Å². The second kappa shape index (κ2) is 6.67. The Bertz CT molecular complexity index is 625. The normalized spacial score (nSPS) is 19.3. The molecule has 0 aliphatic carbocycles. The standard InChI is InChI=1S/C15H21N5O/c21-15-6-2-4-8-19(15)11-14-12-20(18-17-14)10-13-5-1-3-7-16-9-13/h2,4,6,8,12-13,16H,1,3,5,7,9-11H2. The molecule has 0 saturated carbocycles. The molecule has 1 N–H and O–H groups in total. The first-order valence-corrected chi connectivity index (χ1v) is 7.56. The molecule has 2 aromatic rings. The van der Waals surface area contributed by atoms with Gasteiger partial charge < -0.3 is 9.88 Å². The fraction of sp³-hybridized carbons (Fsp3) is 0.533. The van der Waals surface area contributed by atoms with Crippen LogP contribution in [0.4, 0.5) is 0 Å². The van der Waals surface area contributed by atoms with Crippen molar-refractivity contribution in [1.29, 1.82) is 0 Å². The summed E-state index contributed by atoms with van der Waals surface area (Å²) >= 11 is 0. The number of rotatable bonds is 4. The van der Waals surface area contributed by atoms with E-state index >= 15 is 0 Å². The van der Waals surface area contributed by atoms with Crippen molar-refractivity contribution in [2.75, 3.05) is 13.1 Å². The molecule has 2 aromatic heterocycles. The summed E-state index contributed by atoms with van der Waals surface area (Å²) in [5, 5.41) is 11.8. The lowest BCUT2D eigenvalue weighted by Crippen LogP contribution is -2.24. The summed E-state index contributed by atoms with van der Waals surface area (Å²) in [5.74, 6) is 0.612. The van der Waals surface area contributed by atoms with E-state index in [4.69, 9.17) is 0 Å². The van der Waals surface area contributed by atoms with E-state index in [2.05, 4.69) is 15.6 Å². The molecular formula is C15H21N5O. The average Bonchev–Trinajstić information content (AvgIpc) is 2.75. The van der Waals surface area contributed by atoms with Crippen molar-refractivity contribution < 1.29 is 0 Å². The molecule has 6 heteroatoms. The largest absolute Gasteiger partial charge is 0.316 e. The van der Waals surface area contributed by atoms with Crippen molar-refractivity contribution >= 4 is 0 Å². The van der Waals surface area contributed by atoms with Gasteiger partial charge in [-0.25, -0.2) is 0 Å². The molecule has 21 heavy (non-hydrogen) atoms. The van der Waals surface area contributed by atoms with Gasteiger partial charge in [-0.3, -0.25) is 9.48 Å². The molecule has 1 aliphatic heterocycles. The molecule has 1 unspecified atom stereocenters. The predicted octanol–water partition coefficient (Wildman–Crippen LogP) is 0.878. The lowest BCUT2D eigenvalue weighted by Gasteiger charge is -2.13. The Hall–Kier alpha value is -1.95. The van der Waals surface area contributed by atoms with E-state index in [0.717, 1.165) is 25.3 Å². The maximum Gasteiger partial charge on any atom is 0.250 e. The molecule has 0 radical (unpaired) electrons. The highest BCUT2D eigenvalue weighted by molar-refractivity contribution is 4.99. The summed E-state index contributed by atoms with van der Waals surface area (Å²) in [6.45, 7) is 3.54. The van der Waals surface area contributed by atoms with Crippen molar-refractivity contribution in [3.8, 4) is 0 Å². The Morgan fingerprint density at radius 3 is 3.19 bits per heavy atom. The number of aromatic nitrogens is 4. The summed E-state index contributed by atoms with van der Waals surface area (Å²) in [4.78, 5) is 11.7. The van der Waals surface area contributed by atoms with Crippen molar-refractivity contribution in [3.63, 3.8) is 0 Å². The van der Waals surface area contributed by atoms with Crippen LogP contribution in [0.3, 0.4) is 0 Å². The number of pyridine rings is 1. The van der Waals surface area contributed by atoms with Gasteiger partial charge in [0.1, 0.15) is 5.69 Å². The summed E-state index contributed by atoms with van der Waals surface area (Å²) in [6.07, 6.45) is 7.50. The molecule has 1 saturated heterocycles. The van der Waals surface area contributed by atoms with Crippen LogP contribution in [0, 0.1) is 5.92 Å². The lowest BCUT2D eigenvalue weighted by molar-refractivity contribution is 0.386. The van der Waals surface area contributed by atoms with Gasteiger partial charge in [-0.1, -0.05) is 17.7 Å². The zero-order chi connectivity index (χ0) is 14.5. The van der Waals surface area contributed by atoms with Crippen LogP contribution in [0.5, 0.6) is 0 Å². The minimum atomic E-state index is -0.0139. The first-order chi connectivity index (χ1) is 10.3. The summed E-state index contributed by atoms with van der Waals surface area (Å²) in [5.41, 5.74) is 0.810. The summed E-state index contributed by atoms with van der Waals surface area (Å²) in [7, 11) is 0. The molecule has 112 valence electrons. The monoisotopic (exact) mass is 287 g/mol. The fourth-order valence-corrected chi connectivity index (χ4v) is 2.78. The van der Waals surface area contributed by atoms with Gasteiger partial charge in [0.25, 0.3) is 5.56 Å². The Kier molecular flexibility index (Phi) is 4.45. The smallest absolute Gasteiger partial charge is 0.250 e. The maximum atomic E-state index is 11.7. The molecule has 3 heterocycles. The zero-order valence-electron chi connectivity index (χ0n) is 12.1. The van der Waals surface area contributed by atoms with E-state index in [-0.39, 0.29) is 5.56 Å². The van der Waals surface area contributed by atoms with Crippen LogP contribution in [0.25, 0.3) is 0 Å². The second-order valence-corrected chi connectivity index (χ2v) is 5.66. The van der Waals surface area contributed by atoms with Crippen molar-refractivity contribution in [2.45, 2.75) is 32.4 Å². The zero-order valence-corrected chi connectivity index (χ0v) is 12.1. The quantitative estimate of drug-likeness (QED) is 0.906. The molecule has 0 amide bonds. The molecule has 1 atom stereocenters. The number of hydrogen-bond acceptors (Lipinski definition) is 4. The molecule has 1 fully saturated rings. The Labute approximate surface area is 123 Å². The van der Waals surface area contributed by atoms with E-state index in [1.54, 1.807) is 22.9 Å². The Morgan fingerprint density at radius 1 is 1.33 bits per heavy atom. The summed E-state index contributed by atoms with van der Waals surface area (Å²) in [6, 6.07) is 5.15. The number of nitrogens with zero attached hydrogens (tertiary/aromatic N) is 4. The highest BCUT2D eigenvalue weighted by Gasteiger charge is 2.13. The minimum Gasteiger partial charge on any atom is -0.316 e. The minimum absolute atomic E-state index is 0.0139. The van der Waals surface area contributed by atoms with E-state index in [9.17, 15) is 4.79 Å². The van der Waals surface area contributed by atoms with E-state index < -0.39 is 0 Å². The highest BCUT2D eigenvalue weighted by Crippen LogP contribution is 2.13. The maximum absolute atomic E-state index is 11.7. The Morgan fingerprint density at radius 2 is 2.29 bits per heavy atom. The predicted molar refractivity (Wildman–Crippen MR) is 80.0 cm³/mol. The van der Waals surface area contributed by atoms with Gasteiger partial charge in [-0.2, -0.15) is 0 Å². The van der Waals surface area contributed by atoms with Crippen LogP contribution in [0.2, 0.25) is 0 Å². The molecule has 0 bridgehead atoms. The van der Waals surface area contributed by atoms with Gasteiger partial charge in [-0.15, -0.1) is 5.10 Å². The molecule has 6 nitrogen and oxygen atoms in total. The van der Waals surface area contributed by atoms with Gasteiger partial charge in [0.15, 0.2) is 0 Å². The third kappa shape index (κ3) is 3.78. The van der Waals surface area contributed by atoms with Crippen LogP contribution in [-0.2, 0) is 13.1 Å². The molecule has 0 spiro atoms. The second-order valence-electron chi connectivity index (χ2n) is 5.66. The van der Waals surface area contributed by atoms with Crippen molar-refractivity contribution in [2.24, 2.45) is 5.92 Å². The molecule has 0 aromatic carbocycles. The highest BCUT2D eigenvalue weighted by atomic mass is 16.1. The third-order valence-corrected chi connectivity index (χ3v) is 3.91. The van der Waals surface area contributed by atoms with Crippen LogP contribution in [-0.4, -0.2) is 32.7 Å². The molecule has 3 rings (SSSR count). The third-order valence-electron chi connectivity index (χ3n) is 3.91. The fourth-order valence-electron chi connectivity index (χ4n) is 2.78. The Balaban J connectivity index is 1.63. The average molecular weight is 287 g/mol. The van der Waals surface area contributed by atoms with Gasteiger partial charge in [0.05, 0.1) is 12.7 Å². The van der Waals surface area contributed by atoms with E-state index in [0.29, 0.717) is 12.5 Å². The lowest BCUT2D eigenvalue weighted by atomic mass is 10.0. The number of hydrogen-bond donors (Lipinski definition) is 1. The SMILES string of the molecule is O=c1ccccn1Cc1cn(CC2CCCCNC2)nn1. The topological polar surface area (TPSA) is 64.7 Å². The van der Waals surface area contributed by atoms with Crippen LogP contribution < -0.4 is 10.9 Å². The van der Waals surface area contributed by atoms with Gasteiger partial charge in [-0.05, 0) is 37.9 Å². The van der Waals surface area contributed by atoms with E-state index in [1.165, 1.54) is 19.3 Å². The number of nitrogens with one attached hydrogen (secondary N) is 1. The van der Waals surface area contributed by atoms with Crippen LogP contribution in [0.15, 0.2) is 35.4 Å². The van der Waals surface area contributed by atoms with Crippen LogP contribution in [0.1, 0.15) is 25.0 Å². The van der Waals surface area contributed by atoms with Gasteiger partial charge in [0.2, 0.25) is 0 Å². The van der Waals surface area contributed by atoms with Gasteiger partial charge >= 0.3 is 0 Å². The summed E-state index contributed by atoms with van der Waals surface area (Å²) < 4.78 is 3.54. The first kappa shape index (κ1) is 14.0. The first-order valence-electron chi connectivity index (χ1n) is 7.56. The molecule has 1 aliphatic rings. The van der Waals surface area contributed by atoms with Crippen molar-refractivity contribution in [3.05, 3.63) is 46.6 Å².